The van der Waals surface area contributed by atoms with Gasteiger partial charge in [0.25, 0.3) is 0 Å². The molecule has 0 unspecified atom stereocenters. The van der Waals surface area contributed by atoms with Crippen LogP contribution in [0.1, 0.15) is 0 Å². The van der Waals surface area contributed by atoms with E-state index in [1.165, 1.54) is 18.2 Å². The summed E-state index contributed by atoms with van der Waals surface area (Å²) in [6.07, 6.45) is -3.64. The Bertz CT molecular complexity index is 611. The highest BCUT2D eigenvalue weighted by molar-refractivity contribution is 5.75. The van der Waals surface area contributed by atoms with Crippen molar-refractivity contribution in [2.24, 2.45) is 0 Å². The van der Waals surface area contributed by atoms with Crippen LogP contribution in [0.4, 0.5) is 8.78 Å². The van der Waals surface area contributed by atoms with Gasteiger partial charge in [-0.2, -0.15) is 0 Å². The predicted molar refractivity (Wildman–Crippen MR) is 59.7 cm³/mol. The van der Waals surface area contributed by atoms with E-state index in [9.17, 15) is 13.9 Å². The molecule has 0 radical (unpaired) electrons. The van der Waals surface area contributed by atoms with Gasteiger partial charge in [-0.25, -0.2) is 0 Å². The monoisotopic (exact) mass is 250 g/mol. The molecule has 0 atom stereocenters. The zero-order chi connectivity index (χ0) is 12.8. The van der Waals surface area contributed by atoms with E-state index in [0.717, 1.165) is 0 Å². The molecule has 3 rings (SSSR count). The van der Waals surface area contributed by atoms with Crippen LogP contribution >= 0.6 is 0 Å². The van der Waals surface area contributed by atoms with Gasteiger partial charge in [0.05, 0.1) is 0 Å². The van der Waals surface area contributed by atoms with Gasteiger partial charge in [0.2, 0.25) is 0 Å². The van der Waals surface area contributed by atoms with Gasteiger partial charge in [0.1, 0.15) is 5.75 Å². The Morgan fingerprint density at radius 3 is 2.56 bits per heavy atom. The van der Waals surface area contributed by atoms with Crippen molar-refractivity contribution in [3.8, 4) is 28.4 Å². The molecule has 0 saturated heterocycles. The van der Waals surface area contributed by atoms with E-state index in [0.29, 0.717) is 11.1 Å². The largest absolute Gasteiger partial charge is 0.586 e. The Balaban J connectivity index is 2.13. The summed E-state index contributed by atoms with van der Waals surface area (Å²) >= 11 is 0. The van der Waals surface area contributed by atoms with Crippen LogP contribution in [0.2, 0.25) is 0 Å². The number of alkyl halides is 2. The Labute approximate surface area is 101 Å². The highest BCUT2D eigenvalue weighted by Gasteiger charge is 2.44. The van der Waals surface area contributed by atoms with E-state index in [2.05, 4.69) is 9.47 Å². The van der Waals surface area contributed by atoms with Gasteiger partial charge in [-0.3, -0.25) is 0 Å². The molecule has 5 heteroatoms. The van der Waals surface area contributed by atoms with Gasteiger partial charge in [0.15, 0.2) is 11.5 Å². The molecule has 0 aromatic heterocycles. The zero-order valence-corrected chi connectivity index (χ0v) is 9.06. The molecule has 0 fully saturated rings. The summed E-state index contributed by atoms with van der Waals surface area (Å²) in [5, 5.41) is 9.41. The molecule has 0 saturated carbocycles. The third kappa shape index (κ3) is 1.73. The van der Waals surface area contributed by atoms with Gasteiger partial charge in [-0.15, -0.1) is 8.78 Å². The molecule has 1 N–H and O–H groups in total. The van der Waals surface area contributed by atoms with E-state index in [4.69, 9.17) is 0 Å². The number of aromatic hydroxyl groups is 1. The van der Waals surface area contributed by atoms with Crippen LogP contribution in [-0.4, -0.2) is 11.4 Å². The second kappa shape index (κ2) is 3.60. The van der Waals surface area contributed by atoms with Gasteiger partial charge in [-0.1, -0.05) is 24.3 Å². The minimum absolute atomic E-state index is 0.0131. The standard InChI is InChI=1S/C13H8F2O3/c14-13(15)17-11-6-2-5-10(12(11)18-13)8-3-1-4-9(16)7-8/h1-7,16H. The third-order valence-electron chi connectivity index (χ3n) is 2.59. The van der Waals surface area contributed by atoms with E-state index >= 15 is 0 Å². The van der Waals surface area contributed by atoms with E-state index < -0.39 is 6.29 Å². The lowest BCUT2D eigenvalue weighted by Gasteiger charge is -2.07. The number of rotatable bonds is 1. The number of hydrogen-bond donors (Lipinski definition) is 1. The Hall–Kier alpha value is -2.30. The third-order valence-corrected chi connectivity index (χ3v) is 2.59. The highest BCUT2D eigenvalue weighted by Crippen LogP contribution is 2.47. The summed E-state index contributed by atoms with van der Waals surface area (Å²) in [4.78, 5) is 0. The molecule has 2 aromatic carbocycles. The molecule has 18 heavy (non-hydrogen) atoms. The molecule has 1 heterocycles. The summed E-state index contributed by atoms with van der Waals surface area (Å²) in [7, 11) is 0. The molecular weight excluding hydrogens is 242 g/mol. The predicted octanol–water partition coefficient (Wildman–Crippen LogP) is 3.38. The zero-order valence-electron chi connectivity index (χ0n) is 9.06. The quantitative estimate of drug-likeness (QED) is 0.843. The molecule has 0 aliphatic carbocycles. The lowest BCUT2D eigenvalue weighted by atomic mass is 10.0. The number of fused-ring (bicyclic) bond motifs is 1. The van der Waals surface area contributed by atoms with Crippen LogP contribution in [0.15, 0.2) is 42.5 Å². The topological polar surface area (TPSA) is 38.7 Å². The van der Waals surface area contributed by atoms with Crippen molar-refractivity contribution in [1.82, 2.24) is 0 Å². The molecule has 92 valence electrons. The SMILES string of the molecule is Oc1cccc(-c2cccc3c2OC(F)(F)O3)c1. The molecule has 3 nitrogen and oxygen atoms in total. The number of ether oxygens (including phenoxy) is 2. The Kier molecular flexibility index (Phi) is 2.16. The fourth-order valence-electron chi connectivity index (χ4n) is 1.87. The minimum atomic E-state index is -3.64. The molecule has 1 aliphatic heterocycles. The first kappa shape index (κ1) is 10.8. The fraction of sp³-hybridized carbons (Fsp3) is 0.0769. The first-order valence-corrected chi connectivity index (χ1v) is 5.23. The first-order chi connectivity index (χ1) is 8.55. The van der Waals surface area contributed by atoms with Crippen LogP contribution in [-0.2, 0) is 0 Å². The maximum atomic E-state index is 13.0. The van der Waals surface area contributed by atoms with E-state index in [-0.39, 0.29) is 17.2 Å². The normalized spacial score (nSPS) is 15.7. The fourth-order valence-corrected chi connectivity index (χ4v) is 1.87. The smallest absolute Gasteiger partial charge is 0.508 e. The van der Waals surface area contributed by atoms with Crippen molar-refractivity contribution in [2.45, 2.75) is 6.29 Å². The van der Waals surface area contributed by atoms with Crippen LogP contribution in [0.3, 0.4) is 0 Å². The van der Waals surface area contributed by atoms with Gasteiger partial charge < -0.3 is 14.6 Å². The molecule has 0 bridgehead atoms. The van der Waals surface area contributed by atoms with Crippen molar-refractivity contribution in [3.05, 3.63) is 42.5 Å². The van der Waals surface area contributed by atoms with Gasteiger partial charge in [0, 0.05) is 5.56 Å². The summed E-state index contributed by atoms with van der Waals surface area (Å²) in [6.45, 7) is 0. The second-order valence-electron chi connectivity index (χ2n) is 3.85. The maximum Gasteiger partial charge on any atom is 0.586 e. The highest BCUT2D eigenvalue weighted by atomic mass is 19.3. The van der Waals surface area contributed by atoms with E-state index in [1.54, 1.807) is 24.3 Å². The van der Waals surface area contributed by atoms with Crippen molar-refractivity contribution < 1.29 is 23.4 Å². The van der Waals surface area contributed by atoms with Crippen molar-refractivity contribution in [2.75, 3.05) is 0 Å². The number of hydrogen-bond acceptors (Lipinski definition) is 3. The van der Waals surface area contributed by atoms with Crippen LogP contribution < -0.4 is 9.47 Å². The first-order valence-electron chi connectivity index (χ1n) is 5.23. The summed E-state index contributed by atoms with van der Waals surface area (Å²) < 4.78 is 34.9. The number of benzene rings is 2. The summed E-state index contributed by atoms with van der Waals surface area (Å²) in [6, 6.07) is 10.9. The van der Waals surface area contributed by atoms with Crippen LogP contribution in [0, 0.1) is 0 Å². The maximum absolute atomic E-state index is 13.0. The number of para-hydroxylation sites is 1. The number of phenols is 1. The average molecular weight is 250 g/mol. The second-order valence-corrected chi connectivity index (χ2v) is 3.85. The Morgan fingerprint density at radius 1 is 1.00 bits per heavy atom. The average Bonchev–Trinajstić information content (AvgIpc) is 2.62. The van der Waals surface area contributed by atoms with Gasteiger partial charge >= 0.3 is 6.29 Å². The molecule has 0 spiro atoms. The lowest BCUT2D eigenvalue weighted by molar-refractivity contribution is -0.286. The van der Waals surface area contributed by atoms with Crippen LogP contribution in [0.5, 0.6) is 17.2 Å². The Morgan fingerprint density at radius 2 is 1.78 bits per heavy atom. The molecular formula is C13H8F2O3. The summed E-state index contributed by atoms with van der Waals surface area (Å²) in [5.74, 6) is 0.0183. The van der Waals surface area contributed by atoms with Crippen molar-refractivity contribution in [3.63, 3.8) is 0 Å². The molecule has 2 aromatic rings. The van der Waals surface area contributed by atoms with Crippen LogP contribution in [0.25, 0.3) is 11.1 Å². The van der Waals surface area contributed by atoms with Crippen molar-refractivity contribution in [1.29, 1.82) is 0 Å². The minimum Gasteiger partial charge on any atom is -0.508 e. The number of phenolic OH excluding ortho intramolecular Hbond substituents is 1. The summed E-state index contributed by atoms with van der Waals surface area (Å²) in [5.41, 5.74) is 1.02. The lowest BCUT2D eigenvalue weighted by Crippen LogP contribution is -2.26. The number of halogens is 2. The van der Waals surface area contributed by atoms with Gasteiger partial charge in [-0.05, 0) is 23.8 Å². The van der Waals surface area contributed by atoms with Crippen molar-refractivity contribution >= 4 is 0 Å². The molecule has 0 amide bonds. The molecule has 1 aliphatic rings. The van der Waals surface area contributed by atoms with E-state index in [1.807, 2.05) is 0 Å².